The van der Waals surface area contributed by atoms with E-state index in [2.05, 4.69) is 46.6 Å². The van der Waals surface area contributed by atoms with Crippen molar-refractivity contribution in [2.75, 3.05) is 11.1 Å². The van der Waals surface area contributed by atoms with Crippen LogP contribution in [-0.2, 0) is 6.18 Å². The molecule has 5 rings (SSSR count). The zero-order valence-corrected chi connectivity index (χ0v) is 18.9. The zero-order chi connectivity index (χ0) is 23.7. The molecule has 1 atom stereocenters. The lowest BCUT2D eigenvalue weighted by molar-refractivity contribution is -0.137. The molecule has 0 radical (unpaired) electrons. The first-order valence-corrected chi connectivity index (χ1v) is 11.6. The second-order valence-electron chi connectivity index (χ2n) is 7.93. The van der Waals surface area contributed by atoms with Crippen LogP contribution in [0.5, 0.6) is 0 Å². The molecule has 0 saturated carbocycles. The molecule has 1 aliphatic heterocycles. The number of aromatic nitrogens is 3. The number of rotatable bonds is 4. The predicted molar refractivity (Wildman–Crippen MR) is 129 cm³/mol. The Hall–Kier alpha value is -3.59. The fourth-order valence-corrected chi connectivity index (χ4v) is 4.53. The third-order valence-electron chi connectivity index (χ3n) is 5.46. The number of nitrogens with zero attached hydrogens (tertiary/aromatic N) is 4. The first-order valence-electron chi connectivity index (χ1n) is 10.6. The number of hydrogen-bond acceptors (Lipinski definition) is 5. The fourth-order valence-electron chi connectivity index (χ4n) is 3.55. The summed E-state index contributed by atoms with van der Waals surface area (Å²) in [5.41, 5.74) is 3.95. The van der Waals surface area contributed by atoms with E-state index in [0.29, 0.717) is 11.5 Å². The lowest BCUT2D eigenvalue weighted by atomic mass is 10.1. The van der Waals surface area contributed by atoms with Crippen molar-refractivity contribution < 1.29 is 13.2 Å². The Morgan fingerprint density at radius 1 is 0.941 bits per heavy atom. The standard InChI is InChI=1S/C25H20F3N5S/c1-16-2-4-17(5-3-16)22-14-34-24(31-22)30-20-10-6-18(7-11-20)23-29-15-33(32-23)21-12-8-19(9-13-21)25(26,27)28/h2-13,15,22H,14H2,1H3,(H,30,31). The lowest BCUT2D eigenvalue weighted by Gasteiger charge is -2.07. The number of anilines is 1. The molecule has 4 aromatic rings. The normalized spacial score (nSPS) is 15.9. The van der Waals surface area contributed by atoms with E-state index in [1.54, 1.807) is 11.8 Å². The van der Waals surface area contributed by atoms with Crippen molar-refractivity contribution in [1.82, 2.24) is 14.8 Å². The van der Waals surface area contributed by atoms with E-state index < -0.39 is 11.7 Å². The number of aryl methyl sites for hydroxylation is 1. The number of halogens is 3. The molecule has 3 aromatic carbocycles. The Balaban J connectivity index is 1.26. The van der Waals surface area contributed by atoms with Crippen molar-refractivity contribution in [3.63, 3.8) is 0 Å². The van der Waals surface area contributed by atoms with Crippen molar-refractivity contribution in [2.45, 2.75) is 19.1 Å². The number of alkyl halides is 3. The van der Waals surface area contributed by atoms with Crippen molar-refractivity contribution >= 4 is 22.6 Å². The second-order valence-corrected chi connectivity index (χ2v) is 8.94. The minimum Gasteiger partial charge on any atom is -0.335 e. The Kier molecular flexibility index (Phi) is 5.87. The van der Waals surface area contributed by atoms with Crippen LogP contribution in [0.15, 0.2) is 84.1 Å². The third-order valence-corrected chi connectivity index (χ3v) is 6.42. The lowest BCUT2D eigenvalue weighted by Crippen LogP contribution is -2.05. The van der Waals surface area contributed by atoms with Gasteiger partial charge in [0.1, 0.15) is 6.33 Å². The summed E-state index contributed by atoms with van der Waals surface area (Å²) in [5.74, 6) is 1.38. The van der Waals surface area contributed by atoms with Crippen LogP contribution in [0, 0.1) is 6.92 Å². The number of thioether (sulfide) groups is 1. The zero-order valence-electron chi connectivity index (χ0n) is 18.1. The minimum absolute atomic E-state index is 0.144. The second kappa shape index (κ2) is 8.98. The highest BCUT2D eigenvalue weighted by Crippen LogP contribution is 2.32. The molecule has 1 N–H and O–H groups in total. The van der Waals surface area contributed by atoms with Crippen LogP contribution >= 0.6 is 11.8 Å². The molecule has 0 amide bonds. The quantitative estimate of drug-likeness (QED) is 0.362. The summed E-state index contributed by atoms with van der Waals surface area (Å²) in [4.78, 5) is 9.09. The molecule has 1 aliphatic rings. The summed E-state index contributed by atoms with van der Waals surface area (Å²) in [6.45, 7) is 2.07. The van der Waals surface area contributed by atoms with Gasteiger partial charge < -0.3 is 5.32 Å². The van der Waals surface area contributed by atoms with Crippen LogP contribution in [0.25, 0.3) is 17.1 Å². The van der Waals surface area contributed by atoms with E-state index in [4.69, 9.17) is 4.99 Å². The van der Waals surface area contributed by atoms with E-state index in [9.17, 15) is 13.2 Å². The average Bonchev–Trinajstić information content (AvgIpc) is 3.50. The van der Waals surface area contributed by atoms with Crippen LogP contribution in [0.2, 0.25) is 0 Å². The molecular formula is C25H20F3N5S. The third kappa shape index (κ3) is 4.84. The van der Waals surface area contributed by atoms with E-state index in [1.165, 1.54) is 34.3 Å². The molecule has 172 valence electrons. The number of nitrogens with one attached hydrogen (secondary N) is 1. The van der Waals surface area contributed by atoms with Gasteiger partial charge >= 0.3 is 6.18 Å². The predicted octanol–water partition coefficient (Wildman–Crippen LogP) is 6.52. The highest BCUT2D eigenvalue weighted by atomic mass is 32.2. The van der Waals surface area contributed by atoms with E-state index in [0.717, 1.165) is 34.3 Å². The van der Waals surface area contributed by atoms with Gasteiger partial charge in [0.2, 0.25) is 0 Å². The SMILES string of the molecule is Cc1ccc(C2CSC(Nc3ccc(-c4ncn(-c5ccc(C(F)(F)F)cc5)n4)cc3)=N2)cc1. The molecule has 0 aliphatic carbocycles. The van der Waals surface area contributed by atoms with Crippen molar-refractivity contribution in [2.24, 2.45) is 4.99 Å². The molecule has 0 saturated heterocycles. The van der Waals surface area contributed by atoms with Crippen LogP contribution in [0.4, 0.5) is 18.9 Å². The molecule has 1 unspecified atom stereocenters. The Labute approximate surface area is 198 Å². The number of hydrogen-bond donors (Lipinski definition) is 1. The minimum atomic E-state index is -4.37. The van der Waals surface area contributed by atoms with Gasteiger partial charge in [0, 0.05) is 17.0 Å². The monoisotopic (exact) mass is 479 g/mol. The van der Waals surface area contributed by atoms with Gasteiger partial charge in [-0.05, 0) is 61.0 Å². The van der Waals surface area contributed by atoms with Gasteiger partial charge in [0.15, 0.2) is 11.0 Å². The smallest absolute Gasteiger partial charge is 0.335 e. The maximum absolute atomic E-state index is 12.8. The highest BCUT2D eigenvalue weighted by molar-refractivity contribution is 8.14. The van der Waals surface area contributed by atoms with Crippen LogP contribution < -0.4 is 5.32 Å². The van der Waals surface area contributed by atoms with Gasteiger partial charge in [0.25, 0.3) is 0 Å². The van der Waals surface area contributed by atoms with Gasteiger partial charge in [-0.3, -0.25) is 4.99 Å². The van der Waals surface area contributed by atoms with Gasteiger partial charge in [-0.1, -0.05) is 41.6 Å². The van der Waals surface area contributed by atoms with E-state index >= 15 is 0 Å². The van der Waals surface area contributed by atoms with E-state index in [-0.39, 0.29) is 6.04 Å². The van der Waals surface area contributed by atoms with Crippen LogP contribution in [-0.4, -0.2) is 25.7 Å². The molecule has 1 aromatic heterocycles. The molecule has 34 heavy (non-hydrogen) atoms. The first kappa shape index (κ1) is 22.2. The largest absolute Gasteiger partial charge is 0.416 e. The van der Waals surface area contributed by atoms with Gasteiger partial charge in [-0.15, -0.1) is 5.10 Å². The molecule has 0 spiro atoms. The number of aliphatic imine (C=N–C) groups is 1. The fraction of sp³-hybridized carbons (Fsp3) is 0.160. The highest BCUT2D eigenvalue weighted by Gasteiger charge is 2.30. The summed E-state index contributed by atoms with van der Waals surface area (Å²) in [7, 11) is 0. The van der Waals surface area contributed by atoms with Crippen molar-refractivity contribution in [1.29, 1.82) is 0 Å². The Bertz CT molecular complexity index is 1310. The van der Waals surface area contributed by atoms with Crippen LogP contribution in [0.3, 0.4) is 0 Å². The van der Waals surface area contributed by atoms with E-state index in [1.807, 2.05) is 24.3 Å². The number of benzene rings is 3. The van der Waals surface area contributed by atoms with Crippen molar-refractivity contribution in [3.05, 3.63) is 95.8 Å². The summed E-state index contributed by atoms with van der Waals surface area (Å²) < 4.78 is 39.8. The molecule has 9 heteroatoms. The van der Waals surface area contributed by atoms with Gasteiger partial charge in [-0.25, -0.2) is 9.67 Å². The number of amidine groups is 1. The van der Waals surface area contributed by atoms with Gasteiger partial charge in [-0.2, -0.15) is 13.2 Å². The summed E-state index contributed by atoms with van der Waals surface area (Å²) in [6.07, 6.45) is -2.88. The average molecular weight is 480 g/mol. The van der Waals surface area contributed by atoms with Crippen LogP contribution in [0.1, 0.15) is 22.7 Å². The Morgan fingerprint density at radius 3 is 2.32 bits per heavy atom. The Morgan fingerprint density at radius 2 is 1.65 bits per heavy atom. The molecule has 0 bridgehead atoms. The first-order chi connectivity index (χ1) is 16.3. The molecular weight excluding hydrogens is 459 g/mol. The van der Waals surface area contributed by atoms with Gasteiger partial charge in [0.05, 0.1) is 17.3 Å². The summed E-state index contributed by atoms with van der Waals surface area (Å²) >= 11 is 1.69. The van der Waals surface area contributed by atoms with Crippen molar-refractivity contribution in [3.8, 4) is 17.1 Å². The molecule has 5 nitrogen and oxygen atoms in total. The topological polar surface area (TPSA) is 55.1 Å². The molecule has 0 fully saturated rings. The summed E-state index contributed by atoms with van der Waals surface area (Å²) in [5, 5.41) is 8.63. The maximum atomic E-state index is 12.8. The summed E-state index contributed by atoms with van der Waals surface area (Å²) in [6, 6.07) is 21.1. The molecule has 2 heterocycles. The maximum Gasteiger partial charge on any atom is 0.416 e.